The Hall–Kier alpha value is -0.840. The van der Waals surface area contributed by atoms with Crippen LogP contribution in [0.5, 0.6) is 0 Å². The molecule has 3 nitrogen and oxygen atoms in total. The van der Waals surface area contributed by atoms with Gasteiger partial charge in [-0.2, -0.15) is 5.10 Å². The summed E-state index contributed by atoms with van der Waals surface area (Å²) < 4.78 is 2.92. The third-order valence-electron chi connectivity index (χ3n) is 3.21. The molecule has 5 heteroatoms. The van der Waals surface area contributed by atoms with Gasteiger partial charge in [-0.15, -0.1) is 11.3 Å². The molecule has 0 aliphatic heterocycles. The lowest BCUT2D eigenvalue weighted by atomic mass is 10.2. The van der Waals surface area contributed by atoms with Gasteiger partial charge in [-0.25, -0.2) is 0 Å². The molecule has 2 heterocycles. The highest BCUT2D eigenvalue weighted by molar-refractivity contribution is 7.16. The Morgan fingerprint density at radius 1 is 1.26 bits per heavy atom. The third-order valence-corrected chi connectivity index (χ3v) is 4.45. The monoisotopic (exact) mass is 297 g/mol. The number of halogens is 1. The molecule has 19 heavy (non-hydrogen) atoms. The van der Waals surface area contributed by atoms with Crippen molar-refractivity contribution in [3.8, 4) is 0 Å². The number of aromatic nitrogens is 2. The second-order valence-electron chi connectivity index (χ2n) is 4.57. The molecule has 0 bridgehead atoms. The van der Waals surface area contributed by atoms with E-state index >= 15 is 0 Å². The summed E-state index contributed by atoms with van der Waals surface area (Å²) in [6.07, 6.45) is 4.33. The van der Waals surface area contributed by atoms with Crippen molar-refractivity contribution >= 4 is 22.9 Å². The first-order valence-corrected chi connectivity index (χ1v) is 7.91. The van der Waals surface area contributed by atoms with Crippen LogP contribution in [0.15, 0.2) is 24.4 Å². The normalized spacial score (nSPS) is 11.4. The minimum absolute atomic E-state index is 0.518. The van der Waals surface area contributed by atoms with Crippen LogP contribution >= 0.6 is 22.9 Å². The molecule has 0 unspecified atom stereocenters. The second kappa shape index (κ2) is 7.08. The fourth-order valence-electron chi connectivity index (χ4n) is 2.10. The predicted molar refractivity (Wildman–Crippen MR) is 81.7 cm³/mol. The molecular formula is C14H20ClN3S. The Labute approximate surface area is 123 Å². The van der Waals surface area contributed by atoms with Gasteiger partial charge in [-0.05, 0) is 31.0 Å². The SMILES string of the molecule is CCC(CC)n1ccc(CNCc2ccc(Cl)s2)n1. The third kappa shape index (κ3) is 4.06. The summed E-state index contributed by atoms with van der Waals surface area (Å²) in [5, 5.41) is 8.02. The number of rotatable bonds is 7. The molecule has 104 valence electrons. The first kappa shape index (κ1) is 14.6. The molecule has 0 fully saturated rings. The minimum Gasteiger partial charge on any atom is -0.306 e. The summed E-state index contributed by atoms with van der Waals surface area (Å²) in [6.45, 7) is 6.04. The van der Waals surface area contributed by atoms with Gasteiger partial charge < -0.3 is 5.32 Å². The van der Waals surface area contributed by atoms with E-state index in [4.69, 9.17) is 11.6 Å². The van der Waals surface area contributed by atoms with E-state index in [1.54, 1.807) is 11.3 Å². The highest BCUT2D eigenvalue weighted by Crippen LogP contribution is 2.21. The summed E-state index contributed by atoms with van der Waals surface area (Å²) in [6, 6.07) is 6.60. The van der Waals surface area contributed by atoms with Gasteiger partial charge in [0.1, 0.15) is 0 Å². The summed E-state index contributed by atoms with van der Waals surface area (Å²) in [5.74, 6) is 0. The van der Waals surface area contributed by atoms with Crippen LogP contribution in [0.25, 0.3) is 0 Å². The van der Waals surface area contributed by atoms with E-state index in [1.807, 2.05) is 6.07 Å². The number of hydrogen-bond donors (Lipinski definition) is 1. The molecule has 0 aromatic carbocycles. The van der Waals surface area contributed by atoms with Gasteiger partial charge in [0.15, 0.2) is 0 Å². The summed E-state index contributed by atoms with van der Waals surface area (Å²) in [4.78, 5) is 1.25. The number of thiophene rings is 1. The topological polar surface area (TPSA) is 29.9 Å². The van der Waals surface area contributed by atoms with Crippen LogP contribution in [0.4, 0.5) is 0 Å². The van der Waals surface area contributed by atoms with Gasteiger partial charge in [-0.1, -0.05) is 25.4 Å². The highest BCUT2D eigenvalue weighted by Gasteiger charge is 2.07. The van der Waals surface area contributed by atoms with E-state index in [-0.39, 0.29) is 0 Å². The van der Waals surface area contributed by atoms with E-state index in [0.717, 1.165) is 36.0 Å². The van der Waals surface area contributed by atoms with Crippen molar-refractivity contribution in [3.63, 3.8) is 0 Å². The quantitative estimate of drug-likeness (QED) is 0.828. The molecule has 0 saturated carbocycles. The zero-order valence-corrected chi connectivity index (χ0v) is 13.0. The molecule has 0 aliphatic rings. The van der Waals surface area contributed by atoms with Gasteiger partial charge in [0.05, 0.1) is 16.1 Å². The van der Waals surface area contributed by atoms with Crippen molar-refractivity contribution in [1.82, 2.24) is 15.1 Å². The van der Waals surface area contributed by atoms with E-state index in [1.165, 1.54) is 4.88 Å². The molecule has 0 aliphatic carbocycles. The van der Waals surface area contributed by atoms with Gasteiger partial charge in [-0.3, -0.25) is 4.68 Å². The zero-order valence-electron chi connectivity index (χ0n) is 11.4. The number of nitrogens with zero attached hydrogens (tertiary/aromatic N) is 2. The maximum atomic E-state index is 5.90. The maximum absolute atomic E-state index is 5.90. The molecule has 0 radical (unpaired) electrons. The van der Waals surface area contributed by atoms with Gasteiger partial charge in [0, 0.05) is 24.2 Å². The molecular weight excluding hydrogens is 278 g/mol. The Balaban J connectivity index is 1.83. The average Bonchev–Trinajstić information content (AvgIpc) is 3.01. The largest absolute Gasteiger partial charge is 0.306 e. The summed E-state index contributed by atoms with van der Waals surface area (Å²) in [7, 11) is 0. The molecule has 2 rings (SSSR count). The van der Waals surface area contributed by atoms with Gasteiger partial charge >= 0.3 is 0 Å². The van der Waals surface area contributed by atoms with Crippen LogP contribution in [0, 0.1) is 0 Å². The van der Waals surface area contributed by atoms with Crippen molar-refractivity contribution in [2.24, 2.45) is 0 Å². The standard InChI is InChI=1S/C14H20ClN3S/c1-3-12(4-2)18-8-7-11(17-18)9-16-10-13-5-6-14(15)19-13/h5-8,12,16H,3-4,9-10H2,1-2H3. The fraction of sp³-hybridized carbons (Fsp3) is 0.500. The van der Waals surface area contributed by atoms with Gasteiger partial charge in [0.25, 0.3) is 0 Å². The van der Waals surface area contributed by atoms with Crippen molar-refractivity contribution < 1.29 is 0 Å². The Morgan fingerprint density at radius 3 is 2.68 bits per heavy atom. The van der Waals surface area contributed by atoms with Crippen LogP contribution < -0.4 is 5.32 Å². The number of hydrogen-bond acceptors (Lipinski definition) is 3. The van der Waals surface area contributed by atoms with Crippen molar-refractivity contribution in [2.75, 3.05) is 0 Å². The molecule has 0 saturated heterocycles. The predicted octanol–water partition coefficient (Wildman–Crippen LogP) is 4.25. The van der Waals surface area contributed by atoms with Gasteiger partial charge in [0.2, 0.25) is 0 Å². The molecule has 1 N–H and O–H groups in total. The molecule has 0 spiro atoms. The van der Waals surface area contributed by atoms with E-state index < -0.39 is 0 Å². The minimum atomic E-state index is 0.518. The zero-order chi connectivity index (χ0) is 13.7. The van der Waals surface area contributed by atoms with Crippen LogP contribution in [-0.4, -0.2) is 9.78 Å². The first-order chi connectivity index (χ1) is 9.22. The number of nitrogens with one attached hydrogen (secondary N) is 1. The smallest absolute Gasteiger partial charge is 0.0931 e. The van der Waals surface area contributed by atoms with Crippen LogP contribution in [0.1, 0.15) is 43.3 Å². The van der Waals surface area contributed by atoms with Crippen LogP contribution in [-0.2, 0) is 13.1 Å². The van der Waals surface area contributed by atoms with E-state index in [9.17, 15) is 0 Å². The molecule has 0 atom stereocenters. The van der Waals surface area contributed by atoms with Crippen molar-refractivity contribution in [3.05, 3.63) is 39.3 Å². The lowest BCUT2D eigenvalue weighted by molar-refractivity contribution is 0.424. The second-order valence-corrected chi connectivity index (χ2v) is 6.37. The fourth-order valence-corrected chi connectivity index (χ4v) is 3.16. The Bertz CT molecular complexity index is 502. The average molecular weight is 298 g/mol. The molecule has 2 aromatic heterocycles. The first-order valence-electron chi connectivity index (χ1n) is 6.71. The highest BCUT2D eigenvalue weighted by atomic mass is 35.5. The van der Waals surface area contributed by atoms with Crippen molar-refractivity contribution in [2.45, 2.75) is 45.8 Å². The lowest BCUT2D eigenvalue weighted by Crippen LogP contribution is -2.13. The Kier molecular flexibility index (Phi) is 5.43. The summed E-state index contributed by atoms with van der Waals surface area (Å²) >= 11 is 7.52. The molecule has 0 amide bonds. The van der Waals surface area contributed by atoms with E-state index in [0.29, 0.717) is 6.04 Å². The van der Waals surface area contributed by atoms with E-state index in [2.05, 4.69) is 47.3 Å². The van der Waals surface area contributed by atoms with Crippen LogP contribution in [0.2, 0.25) is 4.34 Å². The van der Waals surface area contributed by atoms with Crippen molar-refractivity contribution in [1.29, 1.82) is 0 Å². The maximum Gasteiger partial charge on any atom is 0.0931 e. The van der Waals surface area contributed by atoms with Crippen LogP contribution in [0.3, 0.4) is 0 Å². The lowest BCUT2D eigenvalue weighted by Gasteiger charge is -2.12. The summed E-state index contributed by atoms with van der Waals surface area (Å²) in [5.41, 5.74) is 1.09. The Morgan fingerprint density at radius 2 is 2.05 bits per heavy atom. The molecule has 2 aromatic rings.